The molecule has 1 heterocycles. The van der Waals surface area contributed by atoms with Crippen molar-refractivity contribution in [1.82, 2.24) is 4.90 Å². The topological polar surface area (TPSA) is 63.4 Å². The van der Waals surface area contributed by atoms with Gasteiger partial charge in [-0.15, -0.1) is 0 Å². The van der Waals surface area contributed by atoms with Crippen molar-refractivity contribution in [2.75, 3.05) is 19.6 Å². The lowest BCUT2D eigenvalue weighted by Gasteiger charge is -2.30. The van der Waals surface area contributed by atoms with E-state index in [0.29, 0.717) is 19.5 Å². The van der Waals surface area contributed by atoms with Gasteiger partial charge in [-0.1, -0.05) is 30.3 Å². The summed E-state index contributed by atoms with van der Waals surface area (Å²) in [7, 11) is 0. The third-order valence-electron chi connectivity index (χ3n) is 3.55. The molecule has 1 saturated heterocycles. The number of benzene rings is 1. The second-order valence-electron chi connectivity index (χ2n) is 5.18. The molecule has 0 aliphatic carbocycles. The average Bonchev–Trinajstić information content (AvgIpc) is 2.40. The van der Waals surface area contributed by atoms with Crippen LogP contribution in [-0.2, 0) is 16.0 Å². The highest BCUT2D eigenvalue weighted by atomic mass is 16.1. The van der Waals surface area contributed by atoms with Crippen molar-refractivity contribution in [3.8, 4) is 0 Å². The number of likely N-dealkylation sites (tertiary alicyclic amines) is 1. The summed E-state index contributed by atoms with van der Waals surface area (Å²) in [6.45, 7) is 1.92. The first-order chi connectivity index (χ1) is 9.15. The zero-order valence-electron chi connectivity index (χ0n) is 11.0. The van der Waals surface area contributed by atoms with Crippen LogP contribution in [0, 0.1) is 5.92 Å². The zero-order valence-corrected chi connectivity index (χ0v) is 11.0. The van der Waals surface area contributed by atoms with Gasteiger partial charge in [-0.05, 0) is 24.9 Å². The molecule has 102 valence electrons. The maximum absolute atomic E-state index is 12.0. The quantitative estimate of drug-likeness (QED) is 0.859. The van der Waals surface area contributed by atoms with Crippen LogP contribution in [0.1, 0.15) is 18.4 Å². The Balaban J connectivity index is 1.83. The van der Waals surface area contributed by atoms with E-state index in [1.54, 1.807) is 0 Å². The molecule has 4 heteroatoms. The van der Waals surface area contributed by atoms with Gasteiger partial charge in [-0.2, -0.15) is 0 Å². The Labute approximate surface area is 113 Å². The zero-order chi connectivity index (χ0) is 13.7. The van der Waals surface area contributed by atoms with Gasteiger partial charge in [0.05, 0.1) is 12.5 Å². The van der Waals surface area contributed by atoms with Crippen LogP contribution in [0.15, 0.2) is 30.3 Å². The van der Waals surface area contributed by atoms with Gasteiger partial charge in [0.2, 0.25) is 5.91 Å². The Kier molecular flexibility index (Phi) is 4.68. The normalized spacial score (nSPS) is 20.1. The van der Waals surface area contributed by atoms with Crippen molar-refractivity contribution in [2.45, 2.75) is 19.3 Å². The molecular weight excluding hydrogens is 240 g/mol. The van der Waals surface area contributed by atoms with E-state index in [1.165, 1.54) is 0 Å². The van der Waals surface area contributed by atoms with E-state index in [4.69, 9.17) is 5.73 Å². The van der Waals surface area contributed by atoms with Crippen LogP contribution < -0.4 is 5.73 Å². The van der Waals surface area contributed by atoms with Crippen molar-refractivity contribution in [1.29, 1.82) is 0 Å². The first-order valence-electron chi connectivity index (χ1n) is 6.72. The second-order valence-corrected chi connectivity index (χ2v) is 5.18. The number of rotatable bonds is 5. The summed E-state index contributed by atoms with van der Waals surface area (Å²) < 4.78 is 0. The Morgan fingerprint density at radius 2 is 2.00 bits per heavy atom. The van der Waals surface area contributed by atoms with Crippen molar-refractivity contribution in [3.63, 3.8) is 0 Å². The van der Waals surface area contributed by atoms with Crippen molar-refractivity contribution < 1.29 is 9.59 Å². The molecule has 1 aliphatic rings. The van der Waals surface area contributed by atoms with Crippen LogP contribution in [0.25, 0.3) is 0 Å². The van der Waals surface area contributed by atoms with Crippen LogP contribution in [-0.4, -0.2) is 36.2 Å². The molecule has 0 spiro atoms. The lowest BCUT2D eigenvalue weighted by molar-refractivity contribution is -0.125. The minimum atomic E-state index is -0.250. The molecule has 0 aromatic heterocycles. The number of carbonyl (C=O) groups excluding carboxylic acids is 2. The Morgan fingerprint density at radius 3 is 2.68 bits per heavy atom. The summed E-state index contributed by atoms with van der Waals surface area (Å²) in [6.07, 6.45) is 2.24. The Hall–Kier alpha value is -1.68. The Morgan fingerprint density at radius 1 is 1.26 bits per heavy atom. The Bertz CT molecular complexity index is 445. The summed E-state index contributed by atoms with van der Waals surface area (Å²) >= 11 is 0. The fourth-order valence-corrected chi connectivity index (χ4v) is 2.56. The number of piperidine rings is 1. The first-order valence-corrected chi connectivity index (χ1v) is 6.72. The third kappa shape index (κ3) is 4.17. The molecule has 1 unspecified atom stereocenters. The number of nitrogens with zero attached hydrogens (tertiary/aromatic N) is 1. The number of primary amides is 1. The van der Waals surface area contributed by atoms with E-state index in [9.17, 15) is 9.59 Å². The monoisotopic (exact) mass is 260 g/mol. The van der Waals surface area contributed by atoms with Crippen LogP contribution in [0.2, 0.25) is 0 Å². The molecule has 1 amide bonds. The summed E-state index contributed by atoms with van der Waals surface area (Å²) in [5.74, 6) is -0.158. The van der Waals surface area contributed by atoms with Gasteiger partial charge in [-0.25, -0.2) is 0 Å². The van der Waals surface area contributed by atoms with Crippen molar-refractivity contribution in [3.05, 3.63) is 35.9 Å². The van der Waals surface area contributed by atoms with E-state index < -0.39 is 0 Å². The number of nitrogens with two attached hydrogens (primary N) is 1. The molecule has 1 fully saturated rings. The SMILES string of the molecule is NC(=O)C1CCCN(CC(=O)Cc2ccccc2)C1. The lowest BCUT2D eigenvalue weighted by atomic mass is 9.97. The highest BCUT2D eigenvalue weighted by Gasteiger charge is 2.24. The first kappa shape index (κ1) is 13.7. The number of ketones is 1. The number of hydrogen-bond donors (Lipinski definition) is 1. The molecule has 2 N–H and O–H groups in total. The van der Waals surface area contributed by atoms with E-state index in [0.717, 1.165) is 24.9 Å². The van der Waals surface area contributed by atoms with Crippen molar-refractivity contribution >= 4 is 11.7 Å². The highest BCUT2D eigenvalue weighted by molar-refractivity contribution is 5.83. The predicted octanol–water partition coefficient (Wildman–Crippen LogP) is 0.995. The summed E-state index contributed by atoms with van der Waals surface area (Å²) in [6, 6.07) is 9.73. The maximum atomic E-state index is 12.0. The fraction of sp³-hybridized carbons (Fsp3) is 0.467. The van der Waals surface area contributed by atoms with Crippen LogP contribution in [0.4, 0.5) is 0 Å². The molecule has 0 saturated carbocycles. The number of amides is 1. The third-order valence-corrected chi connectivity index (χ3v) is 3.55. The summed E-state index contributed by atoms with van der Waals surface area (Å²) in [4.78, 5) is 25.2. The van der Waals surface area contributed by atoms with Gasteiger partial charge < -0.3 is 5.73 Å². The minimum absolute atomic E-state index is 0.0988. The van der Waals surface area contributed by atoms with Gasteiger partial charge in [0.1, 0.15) is 0 Å². The van der Waals surface area contributed by atoms with Gasteiger partial charge in [0, 0.05) is 13.0 Å². The van der Waals surface area contributed by atoms with E-state index in [2.05, 4.69) is 0 Å². The number of hydrogen-bond acceptors (Lipinski definition) is 3. The van der Waals surface area contributed by atoms with E-state index >= 15 is 0 Å². The molecule has 1 aliphatic heterocycles. The molecule has 0 radical (unpaired) electrons. The van der Waals surface area contributed by atoms with Crippen LogP contribution in [0.3, 0.4) is 0 Å². The lowest BCUT2D eigenvalue weighted by Crippen LogP contribution is -2.43. The largest absolute Gasteiger partial charge is 0.369 e. The van der Waals surface area contributed by atoms with Gasteiger partial charge >= 0.3 is 0 Å². The summed E-state index contributed by atoms with van der Waals surface area (Å²) in [5.41, 5.74) is 6.37. The van der Waals surface area contributed by atoms with Gasteiger partial charge in [-0.3, -0.25) is 14.5 Å². The average molecular weight is 260 g/mol. The molecule has 2 rings (SSSR count). The highest BCUT2D eigenvalue weighted by Crippen LogP contribution is 2.16. The van der Waals surface area contributed by atoms with Crippen LogP contribution in [0.5, 0.6) is 0 Å². The molecule has 1 aromatic rings. The van der Waals surface area contributed by atoms with E-state index in [1.807, 2.05) is 35.2 Å². The van der Waals surface area contributed by atoms with Crippen LogP contribution >= 0.6 is 0 Å². The second kappa shape index (κ2) is 6.48. The van der Waals surface area contributed by atoms with E-state index in [-0.39, 0.29) is 17.6 Å². The van der Waals surface area contributed by atoms with Gasteiger partial charge in [0.15, 0.2) is 5.78 Å². The molecule has 1 atom stereocenters. The number of Topliss-reactive ketones (excluding diaryl/α,β-unsaturated/α-hetero) is 1. The van der Waals surface area contributed by atoms with Gasteiger partial charge in [0.25, 0.3) is 0 Å². The molecule has 19 heavy (non-hydrogen) atoms. The molecule has 4 nitrogen and oxygen atoms in total. The standard InChI is InChI=1S/C15H20N2O2/c16-15(19)13-7-4-8-17(10-13)11-14(18)9-12-5-2-1-3-6-12/h1-3,5-6,13H,4,7-11H2,(H2,16,19). The molecule has 1 aromatic carbocycles. The minimum Gasteiger partial charge on any atom is -0.369 e. The smallest absolute Gasteiger partial charge is 0.221 e. The fourth-order valence-electron chi connectivity index (χ4n) is 2.56. The number of carbonyl (C=O) groups is 2. The molecule has 0 bridgehead atoms. The summed E-state index contributed by atoms with van der Waals surface area (Å²) in [5, 5.41) is 0. The molecular formula is C15H20N2O2. The predicted molar refractivity (Wildman–Crippen MR) is 73.5 cm³/mol. The van der Waals surface area contributed by atoms with Crippen molar-refractivity contribution in [2.24, 2.45) is 11.7 Å². The maximum Gasteiger partial charge on any atom is 0.221 e.